The highest BCUT2D eigenvalue weighted by molar-refractivity contribution is 5.78. The van der Waals surface area contributed by atoms with E-state index in [0.717, 1.165) is 36.2 Å². The van der Waals surface area contributed by atoms with Crippen molar-refractivity contribution in [1.82, 2.24) is 20.0 Å². The third-order valence-corrected chi connectivity index (χ3v) is 5.38. The van der Waals surface area contributed by atoms with E-state index in [0.29, 0.717) is 19.5 Å². The minimum Gasteiger partial charge on any atom is -0.335 e. The summed E-state index contributed by atoms with van der Waals surface area (Å²) >= 11 is 0. The Balaban J connectivity index is 1.32. The van der Waals surface area contributed by atoms with Crippen molar-refractivity contribution in [2.75, 3.05) is 6.54 Å². The van der Waals surface area contributed by atoms with Gasteiger partial charge in [0.25, 0.3) is 0 Å². The predicted molar refractivity (Wildman–Crippen MR) is 110 cm³/mol. The van der Waals surface area contributed by atoms with Gasteiger partial charge in [-0.25, -0.2) is 9.07 Å². The van der Waals surface area contributed by atoms with E-state index in [9.17, 15) is 9.18 Å². The van der Waals surface area contributed by atoms with Crippen molar-refractivity contribution in [3.8, 4) is 5.69 Å². The van der Waals surface area contributed by atoms with E-state index in [1.54, 1.807) is 18.3 Å². The molecule has 0 radical (unpaired) electrons. The summed E-state index contributed by atoms with van der Waals surface area (Å²) in [7, 11) is 0. The van der Waals surface area contributed by atoms with Gasteiger partial charge in [0.2, 0.25) is 5.91 Å². The molecule has 0 spiro atoms. The van der Waals surface area contributed by atoms with Gasteiger partial charge in [-0.1, -0.05) is 24.3 Å². The van der Waals surface area contributed by atoms with Gasteiger partial charge in [-0.15, -0.1) is 0 Å². The third-order valence-electron chi connectivity index (χ3n) is 5.38. The molecule has 1 N–H and O–H groups in total. The molecule has 0 aliphatic carbocycles. The second-order valence-corrected chi connectivity index (χ2v) is 7.43. The van der Waals surface area contributed by atoms with Crippen LogP contribution in [0, 0.1) is 5.82 Å². The molecule has 0 bridgehead atoms. The monoisotopic (exact) mass is 392 g/mol. The number of amides is 1. The molecular formula is C23H25FN4O. The third kappa shape index (κ3) is 4.90. The van der Waals surface area contributed by atoms with Crippen molar-refractivity contribution in [3.63, 3.8) is 0 Å². The number of rotatable bonds is 8. The Morgan fingerprint density at radius 1 is 1.10 bits per heavy atom. The predicted octanol–water partition coefficient (Wildman–Crippen LogP) is 3.68. The molecule has 1 amide bonds. The van der Waals surface area contributed by atoms with Crippen molar-refractivity contribution in [1.29, 1.82) is 0 Å². The van der Waals surface area contributed by atoms with Crippen molar-refractivity contribution in [2.24, 2.45) is 0 Å². The van der Waals surface area contributed by atoms with Gasteiger partial charge < -0.3 is 10.2 Å². The van der Waals surface area contributed by atoms with Crippen molar-refractivity contribution < 1.29 is 9.18 Å². The highest BCUT2D eigenvalue weighted by Gasteiger charge is 2.30. The van der Waals surface area contributed by atoms with Crippen LogP contribution in [0.25, 0.3) is 5.69 Å². The lowest BCUT2D eigenvalue weighted by molar-refractivity contribution is -0.129. The van der Waals surface area contributed by atoms with E-state index in [2.05, 4.69) is 22.5 Å². The van der Waals surface area contributed by atoms with Crippen LogP contribution >= 0.6 is 0 Å². The number of nitrogens with one attached hydrogen (secondary N) is 1. The summed E-state index contributed by atoms with van der Waals surface area (Å²) in [4.78, 5) is 14.4. The number of nitrogens with zero attached hydrogens (tertiary/aromatic N) is 3. The minimum absolute atomic E-state index is 0.217. The van der Waals surface area contributed by atoms with Crippen LogP contribution in [-0.4, -0.2) is 33.2 Å². The Labute approximate surface area is 170 Å². The average Bonchev–Trinajstić information content (AvgIpc) is 3.39. The first-order valence-corrected chi connectivity index (χ1v) is 10.0. The van der Waals surface area contributed by atoms with Crippen LogP contribution < -0.4 is 5.32 Å². The van der Waals surface area contributed by atoms with Gasteiger partial charge in [-0.3, -0.25) is 4.79 Å². The number of likely N-dealkylation sites (tertiary alicyclic amines) is 1. The zero-order valence-corrected chi connectivity index (χ0v) is 16.3. The summed E-state index contributed by atoms with van der Waals surface area (Å²) in [6.07, 6.45) is 6.09. The van der Waals surface area contributed by atoms with Crippen LogP contribution in [-0.2, 0) is 17.9 Å². The first-order chi connectivity index (χ1) is 14.2. The average molecular weight is 392 g/mol. The van der Waals surface area contributed by atoms with Crippen LogP contribution in [0.3, 0.4) is 0 Å². The molecule has 4 rings (SSSR count). The lowest BCUT2D eigenvalue weighted by atomic mass is 10.1. The normalized spacial score (nSPS) is 16.5. The van der Waals surface area contributed by atoms with Crippen molar-refractivity contribution >= 4 is 5.91 Å². The fraction of sp³-hybridized carbons (Fsp3) is 0.304. The molecule has 1 atom stereocenters. The van der Waals surface area contributed by atoms with Gasteiger partial charge in [0.15, 0.2) is 0 Å². The largest absolute Gasteiger partial charge is 0.335 e. The number of benzene rings is 2. The summed E-state index contributed by atoms with van der Waals surface area (Å²) in [5.74, 6) is 0.00325. The van der Waals surface area contributed by atoms with Gasteiger partial charge in [0.1, 0.15) is 5.82 Å². The van der Waals surface area contributed by atoms with Crippen molar-refractivity contribution in [3.05, 3.63) is 83.9 Å². The number of carbonyl (C=O) groups is 1. The molecule has 2 aromatic carbocycles. The molecular weight excluding hydrogens is 367 g/mol. The van der Waals surface area contributed by atoms with E-state index in [1.165, 1.54) is 12.1 Å². The molecule has 3 aromatic rings. The van der Waals surface area contributed by atoms with Gasteiger partial charge in [-0.05, 0) is 60.8 Å². The van der Waals surface area contributed by atoms with Crippen LogP contribution in [0.2, 0.25) is 0 Å². The lowest BCUT2D eigenvalue weighted by Crippen LogP contribution is -2.34. The summed E-state index contributed by atoms with van der Waals surface area (Å²) in [6, 6.07) is 16.8. The van der Waals surface area contributed by atoms with E-state index < -0.39 is 0 Å². The van der Waals surface area contributed by atoms with E-state index in [4.69, 9.17) is 0 Å². The molecule has 2 heterocycles. The number of aromatic nitrogens is 2. The second kappa shape index (κ2) is 9.01. The highest BCUT2D eigenvalue weighted by atomic mass is 19.1. The first kappa shape index (κ1) is 19.3. The molecule has 1 aliphatic rings. The maximum atomic E-state index is 13.0. The first-order valence-electron chi connectivity index (χ1n) is 10.0. The molecule has 1 saturated heterocycles. The number of halogens is 1. The molecule has 1 aliphatic heterocycles. The second-order valence-electron chi connectivity index (χ2n) is 7.43. The standard InChI is InChI=1S/C23H25FN4O/c24-20-7-5-18(6-8-20)16-25-13-11-21-9-10-23(29)27(21)17-19-3-1-4-22(15-19)28-14-2-12-26-28/h1-8,12,14-15,21,25H,9-11,13,16-17H2/t21-/m1/s1. The minimum atomic E-state index is -0.217. The Hall–Kier alpha value is -2.99. The Bertz CT molecular complexity index is 940. The quantitative estimate of drug-likeness (QED) is 0.595. The Kier molecular flexibility index (Phi) is 6.00. The summed E-state index contributed by atoms with van der Waals surface area (Å²) < 4.78 is 14.8. The lowest BCUT2D eigenvalue weighted by Gasteiger charge is -2.25. The zero-order valence-electron chi connectivity index (χ0n) is 16.3. The molecule has 1 aromatic heterocycles. The summed E-state index contributed by atoms with van der Waals surface area (Å²) in [5.41, 5.74) is 3.16. The van der Waals surface area contributed by atoms with E-state index >= 15 is 0 Å². The maximum absolute atomic E-state index is 13.0. The van der Waals surface area contributed by atoms with Gasteiger partial charge >= 0.3 is 0 Å². The molecule has 0 unspecified atom stereocenters. The van der Waals surface area contributed by atoms with Gasteiger partial charge in [-0.2, -0.15) is 5.10 Å². The number of hydrogen-bond donors (Lipinski definition) is 1. The van der Waals surface area contributed by atoms with Gasteiger partial charge in [0.05, 0.1) is 5.69 Å². The van der Waals surface area contributed by atoms with Gasteiger partial charge in [0, 0.05) is 37.9 Å². The van der Waals surface area contributed by atoms with Crippen molar-refractivity contribution in [2.45, 2.75) is 38.4 Å². The summed E-state index contributed by atoms with van der Waals surface area (Å²) in [6.45, 7) is 2.14. The fourth-order valence-corrected chi connectivity index (χ4v) is 3.83. The Morgan fingerprint density at radius 2 is 1.97 bits per heavy atom. The van der Waals surface area contributed by atoms with E-state index in [1.807, 2.05) is 34.0 Å². The fourth-order valence-electron chi connectivity index (χ4n) is 3.83. The molecule has 5 nitrogen and oxygen atoms in total. The molecule has 1 fully saturated rings. The van der Waals surface area contributed by atoms with Crippen LogP contribution in [0.15, 0.2) is 67.0 Å². The van der Waals surface area contributed by atoms with E-state index in [-0.39, 0.29) is 17.8 Å². The SMILES string of the molecule is O=C1CC[C@H](CCNCc2ccc(F)cc2)N1Cc1cccc(-n2cccn2)c1. The zero-order chi connectivity index (χ0) is 20.1. The van der Waals surface area contributed by atoms with Crippen LogP contribution in [0.1, 0.15) is 30.4 Å². The molecule has 29 heavy (non-hydrogen) atoms. The topological polar surface area (TPSA) is 50.2 Å². The van der Waals surface area contributed by atoms with Crippen LogP contribution in [0.5, 0.6) is 0 Å². The number of carbonyl (C=O) groups excluding carboxylic acids is 1. The molecule has 6 heteroatoms. The number of hydrogen-bond acceptors (Lipinski definition) is 3. The smallest absolute Gasteiger partial charge is 0.223 e. The molecule has 150 valence electrons. The molecule has 0 saturated carbocycles. The Morgan fingerprint density at radius 3 is 2.76 bits per heavy atom. The highest BCUT2D eigenvalue weighted by Crippen LogP contribution is 2.24. The van der Waals surface area contributed by atoms with Crippen LogP contribution in [0.4, 0.5) is 4.39 Å². The summed E-state index contributed by atoms with van der Waals surface area (Å²) in [5, 5.41) is 7.68. The maximum Gasteiger partial charge on any atom is 0.223 e.